The van der Waals surface area contributed by atoms with Crippen LogP contribution < -0.4 is 4.74 Å². The lowest BCUT2D eigenvalue weighted by atomic mass is 10.1. The summed E-state index contributed by atoms with van der Waals surface area (Å²) in [7, 11) is 1.61. The number of aldehydes is 1. The van der Waals surface area contributed by atoms with Gasteiger partial charge in [-0.2, -0.15) is 0 Å². The highest BCUT2D eigenvalue weighted by molar-refractivity contribution is 5.76. The van der Waals surface area contributed by atoms with Crippen LogP contribution in [0.15, 0.2) is 12.1 Å². The lowest BCUT2D eigenvalue weighted by molar-refractivity contribution is -0.0424. The van der Waals surface area contributed by atoms with E-state index in [1.54, 1.807) is 19.2 Å². The zero-order valence-corrected chi connectivity index (χ0v) is 13.1. The molecular weight excluding hydrogens is 272 g/mol. The molecule has 0 radical (unpaired) electrons. The van der Waals surface area contributed by atoms with Gasteiger partial charge in [0.2, 0.25) is 0 Å². The van der Waals surface area contributed by atoms with E-state index in [1.165, 1.54) is 0 Å². The van der Waals surface area contributed by atoms with Crippen LogP contribution in [0.4, 0.5) is 0 Å². The van der Waals surface area contributed by atoms with E-state index in [0.717, 1.165) is 17.4 Å². The molecule has 2 unspecified atom stereocenters. The van der Waals surface area contributed by atoms with Gasteiger partial charge in [0.15, 0.2) is 0 Å². The summed E-state index contributed by atoms with van der Waals surface area (Å²) in [5, 5.41) is 9.86. The number of rotatable bonds is 9. The van der Waals surface area contributed by atoms with Gasteiger partial charge in [-0.1, -0.05) is 0 Å². The van der Waals surface area contributed by atoms with Crippen LogP contribution in [0.2, 0.25) is 0 Å². The Labute approximate surface area is 125 Å². The van der Waals surface area contributed by atoms with Gasteiger partial charge in [-0.05, 0) is 44.0 Å². The maximum absolute atomic E-state index is 10.8. The van der Waals surface area contributed by atoms with E-state index < -0.39 is 6.10 Å². The number of hydrogen-bond donors (Lipinski definition) is 1. The molecule has 0 saturated carbocycles. The van der Waals surface area contributed by atoms with E-state index in [1.807, 2.05) is 20.8 Å². The maximum atomic E-state index is 10.8. The van der Waals surface area contributed by atoms with Crippen molar-refractivity contribution < 1.29 is 24.1 Å². The number of aryl methyl sites for hydroxylation is 2. The first-order valence-corrected chi connectivity index (χ1v) is 6.95. The van der Waals surface area contributed by atoms with Crippen molar-refractivity contribution in [2.24, 2.45) is 0 Å². The Morgan fingerprint density at radius 1 is 1.19 bits per heavy atom. The van der Waals surface area contributed by atoms with Gasteiger partial charge in [-0.15, -0.1) is 0 Å². The number of benzene rings is 1. The summed E-state index contributed by atoms with van der Waals surface area (Å²) < 4.78 is 16.0. The highest BCUT2D eigenvalue weighted by Gasteiger charge is 2.12. The van der Waals surface area contributed by atoms with Gasteiger partial charge in [0.25, 0.3) is 0 Å². The van der Waals surface area contributed by atoms with Crippen LogP contribution in [-0.2, 0) is 9.47 Å². The van der Waals surface area contributed by atoms with Gasteiger partial charge in [0.1, 0.15) is 24.7 Å². The fourth-order valence-corrected chi connectivity index (χ4v) is 2.07. The second-order valence-corrected chi connectivity index (χ2v) is 5.17. The predicted octanol–water partition coefficient (Wildman–Crippen LogP) is 1.91. The van der Waals surface area contributed by atoms with Crippen molar-refractivity contribution in [3.63, 3.8) is 0 Å². The molecule has 0 fully saturated rings. The Kier molecular flexibility index (Phi) is 7.36. The number of hydrogen-bond acceptors (Lipinski definition) is 5. The summed E-state index contributed by atoms with van der Waals surface area (Å²) in [6.07, 6.45) is 0.0257. The first-order chi connectivity index (χ1) is 9.97. The standard InChI is InChI=1S/C16H24O5/c1-11-5-14(7-17)6-12(2)16(11)21-10-15(18)9-20-13(3)8-19-4/h5-7,13,15,18H,8-10H2,1-4H3. The smallest absolute Gasteiger partial charge is 0.150 e. The molecule has 1 aromatic carbocycles. The Bertz CT molecular complexity index is 435. The molecule has 2 atom stereocenters. The number of ether oxygens (including phenoxy) is 3. The van der Waals surface area contributed by atoms with Crippen molar-refractivity contribution in [3.05, 3.63) is 28.8 Å². The molecule has 0 amide bonds. The van der Waals surface area contributed by atoms with Crippen molar-refractivity contribution in [3.8, 4) is 5.75 Å². The summed E-state index contributed by atoms with van der Waals surface area (Å²) in [6, 6.07) is 3.53. The molecule has 0 bridgehead atoms. The Balaban J connectivity index is 2.49. The highest BCUT2D eigenvalue weighted by Crippen LogP contribution is 2.24. The molecule has 1 N–H and O–H groups in total. The minimum Gasteiger partial charge on any atom is -0.490 e. The molecule has 0 aliphatic rings. The van der Waals surface area contributed by atoms with Crippen molar-refractivity contribution in [1.29, 1.82) is 0 Å². The number of carbonyl (C=O) groups is 1. The number of methoxy groups -OCH3 is 1. The lowest BCUT2D eigenvalue weighted by Crippen LogP contribution is -2.27. The average molecular weight is 296 g/mol. The number of carbonyl (C=O) groups excluding carboxylic acids is 1. The van der Waals surface area contributed by atoms with Crippen LogP contribution in [0.1, 0.15) is 28.4 Å². The monoisotopic (exact) mass is 296 g/mol. The van der Waals surface area contributed by atoms with Crippen molar-refractivity contribution >= 4 is 6.29 Å². The number of aliphatic hydroxyl groups excluding tert-OH is 1. The Morgan fingerprint density at radius 3 is 2.33 bits per heavy atom. The minimum absolute atomic E-state index is 0.0694. The van der Waals surface area contributed by atoms with E-state index in [9.17, 15) is 9.90 Å². The summed E-state index contributed by atoms with van der Waals surface area (Å²) in [5.41, 5.74) is 2.37. The fraction of sp³-hybridized carbons (Fsp3) is 0.562. The zero-order valence-electron chi connectivity index (χ0n) is 13.1. The molecule has 0 aliphatic carbocycles. The van der Waals surface area contributed by atoms with Crippen molar-refractivity contribution in [1.82, 2.24) is 0 Å². The topological polar surface area (TPSA) is 65.0 Å². The van der Waals surface area contributed by atoms with Crippen molar-refractivity contribution in [2.75, 3.05) is 26.9 Å². The summed E-state index contributed by atoms with van der Waals surface area (Å²) in [5.74, 6) is 0.699. The quantitative estimate of drug-likeness (QED) is 0.705. The summed E-state index contributed by atoms with van der Waals surface area (Å²) in [6.45, 7) is 6.44. The van der Waals surface area contributed by atoms with Crippen molar-refractivity contribution in [2.45, 2.75) is 33.0 Å². The van der Waals surface area contributed by atoms with Crippen LogP contribution in [0.5, 0.6) is 5.75 Å². The van der Waals surface area contributed by atoms with E-state index in [0.29, 0.717) is 17.9 Å². The second kappa shape index (κ2) is 8.77. The summed E-state index contributed by atoms with van der Waals surface area (Å²) >= 11 is 0. The molecule has 118 valence electrons. The molecule has 5 nitrogen and oxygen atoms in total. The molecule has 1 aromatic rings. The van der Waals surface area contributed by atoms with E-state index >= 15 is 0 Å². The highest BCUT2D eigenvalue weighted by atomic mass is 16.5. The minimum atomic E-state index is -0.714. The van der Waals surface area contributed by atoms with Gasteiger partial charge in [-0.3, -0.25) is 4.79 Å². The molecule has 5 heteroatoms. The normalized spacial score (nSPS) is 13.8. The predicted molar refractivity (Wildman–Crippen MR) is 80.1 cm³/mol. The third-order valence-electron chi connectivity index (χ3n) is 3.01. The Hall–Kier alpha value is -1.43. The lowest BCUT2D eigenvalue weighted by Gasteiger charge is -2.18. The third kappa shape index (κ3) is 5.83. The molecule has 21 heavy (non-hydrogen) atoms. The van der Waals surface area contributed by atoms with E-state index in [4.69, 9.17) is 14.2 Å². The van der Waals surface area contributed by atoms with E-state index in [2.05, 4.69) is 0 Å². The van der Waals surface area contributed by atoms with Crippen LogP contribution >= 0.6 is 0 Å². The van der Waals surface area contributed by atoms with Gasteiger partial charge >= 0.3 is 0 Å². The van der Waals surface area contributed by atoms with Crippen LogP contribution in [0.3, 0.4) is 0 Å². The zero-order chi connectivity index (χ0) is 15.8. The van der Waals surface area contributed by atoms with Gasteiger partial charge < -0.3 is 19.3 Å². The second-order valence-electron chi connectivity index (χ2n) is 5.17. The largest absolute Gasteiger partial charge is 0.490 e. The maximum Gasteiger partial charge on any atom is 0.150 e. The number of aliphatic hydroxyl groups is 1. The molecule has 0 saturated heterocycles. The molecule has 1 rings (SSSR count). The van der Waals surface area contributed by atoms with Crippen LogP contribution in [0, 0.1) is 13.8 Å². The first kappa shape index (κ1) is 17.6. The van der Waals surface area contributed by atoms with Crippen LogP contribution in [-0.4, -0.2) is 50.5 Å². The van der Waals surface area contributed by atoms with Gasteiger partial charge in [0.05, 0.1) is 19.3 Å². The van der Waals surface area contributed by atoms with Gasteiger partial charge in [-0.25, -0.2) is 0 Å². The SMILES string of the molecule is COCC(C)OCC(O)COc1c(C)cc(C=O)cc1C. The molecule has 0 spiro atoms. The summed E-state index contributed by atoms with van der Waals surface area (Å²) in [4.78, 5) is 10.8. The van der Waals surface area contributed by atoms with Crippen LogP contribution in [0.25, 0.3) is 0 Å². The molecular formula is C16H24O5. The molecule has 0 aromatic heterocycles. The first-order valence-electron chi connectivity index (χ1n) is 6.95. The third-order valence-corrected chi connectivity index (χ3v) is 3.01. The van der Waals surface area contributed by atoms with Gasteiger partial charge in [0, 0.05) is 12.7 Å². The molecule has 0 aliphatic heterocycles. The Morgan fingerprint density at radius 2 is 1.81 bits per heavy atom. The van der Waals surface area contributed by atoms with E-state index in [-0.39, 0.29) is 19.3 Å². The average Bonchev–Trinajstić information content (AvgIpc) is 2.44. The fourth-order valence-electron chi connectivity index (χ4n) is 2.07. The molecule has 0 heterocycles.